The summed E-state index contributed by atoms with van der Waals surface area (Å²) in [4.78, 5) is 2.50. The lowest BCUT2D eigenvalue weighted by molar-refractivity contribution is -0.00461. The molecule has 4 unspecified atom stereocenters. The summed E-state index contributed by atoms with van der Waals surface area (Å²) in [5.41, 5.74) is 1.33. The lowest BCUT2D eigenvalue weighted by Gasteiger charge is -2.34. The second kappa shape index (κ2) is 7.90. The van der Waals surface area contributed by atoms with Gasteiger partial charge in [-0.05, 0) is 19.0 Å². The van der Waals surface area contributed by atoms with Crippen LogP contribution in [0.5, 0.6) is 0 Å². The highest BCUT2D eigenvalue weighted by molar-refractivity contribution is 5.21. The summed E-state index contributed by atoms with van der Waals surface area (Å²) >= 11 is 0. The van der Waals surface area contributed by atoms with Gasteiger partial charge in [-0.3, -0.25) is 4.90 Å². The van der Waals surface area contributed by atoms with Crippen LogP contribution in [0, 0.1) is 0 Å². The SMILES string of the molecule is CCC(C(NC)c1ccccc1)N1CC(OC)C(OC)C1. The highest BCUT2D eigenvalue weighted by Crippen LogP contribution is 2.28. The van der Waals surface area contributed by atoms with E-state index in [1.807, 2.05) is 7.05 Å². The van der Waals surface area contributed by atoms with Crippen molar-refractivity contribution in [2.75, 3.05) is 34.4 Å². The molecule has 1 aliphatic heterocycles. The van der Waals surface area contributed by atoms with Crippen molar-refractivity contribution in [2.45, 2.75) is 37.6 Å². The average molecular weight is 292 g/mol. The summed E-state index contributed by atoms with van der Waals surface area (Å²) in [6.07, 6.45) is 1.42. The Morgan fingerprint density at radius 3 is 2.14 bits per heavy atom. The number of ether oxygens (including phenoxy) is 2. The van der Waals surface area contributed by atoms with Crippen molar-refractivity contribution in [1.82, 2.24) is 10.2 Å². The molecular weight excluding hydrogens is 264 g/mol. The molecule has 21 heavy (non-hydrogen) atoms. The van der Waals surface area contributed by atoms with E-state index in [-0.39, 0.29) is 12.2 Å². The zero-order chi connectivity index (χ0) is 15.2. The van der Waals surface area contributed by atoms with Gasteiger partial charge in [-0.2, -0.15) is 0 Å². The minimum Gasteiger partial charge on any atom is -0.377 e. The number of hydrogen-bond acceptors (Lipinski definition) is 4. The highest BCUT2D eigenvalue weighted by Gasteiger charge is 2.38. The summed E-state index contributed by atoms with van der Waals surface area (Å²) in [5, 5.41) is 3.49. The molecule has 4 nitrogen and oxygen atoms in total. The number of nitrogens with zero attached hydrogens (tertiary/aromatic N) is 1. The maximum absolute atomic E-state index is 5.57. The van der Waals surface area contributed by atoms with E-state index in [4.69, 9.17) is 9.47 Å². The minimum atomic E-state index is 0.164. The molecule has 0 aromatic heterocycles. The Morgan fingerprint density at radius 2 is 1.71 bits per heavy atom. The van der Waals surface area contributed by atoms with E-state index in [1.165, 1.54) is 5.56 Å². The van der Waals surface area contributed by atoms with Crippen LogP contribution in [0.25, 0.3) is 0 Å². The van der Waals surface area contributed by atoms with E-state index in [0.717, 1.165) is 19.5 Å². The first-order valence-electron chi connectivity index (χ1n) is 7.77. The van der Waals surface area contributed by atoms with Crippen LogP contribution < -0.4 is 5.32 Å². The average Bonchev–Trinajstić information content (AvgIpc) is 2.96. The number of likely N-dealkylation sites (N-methyl/N-ethyl adjacent to an activating group) is 1. The van der Waals surface area contributed by atoms with Crippen LogP contribution in [-0.4, -0.2) is 57.5 Å². The van der Waals surface area contributed by atoms with Gasteiger partial charge in [0.2, 0.25) is 0 Å². The monoisotopic (exact) mass is 292 g/mol. The summed E-state index contributed by atoms with van der Waals surface area (Å²) in [6, 6.07) is 11.4. The third kappa shape index (κ3) is 3.64. The number of likely N-dealkylation sites (tertiary alicyclic amines) is 1. The lowest BCUT2D eigenvalue weighted by Crippen LogP contribution is -2.43. The van der Waals surface area contributed by atoms with Crippen molar-refractivity contribution < 1.29 is 9.47 Å². The third-order valence-electron chi connectivity index (χ3n) is 4.59. The molecular formula is C17H28N2O2. The Balaban J connectivity index is 2.15. The Morgan fingerprint density at radius 1 is 1.14 bits per heavy atom. The number of methoxy groups -OCH3 is 2. The van der Waals surface area contributed by atoms with E-state index >= 15 is 0 Å². The predicted octanol–water partition coefficient (Wildman–Crippen LogP) is 2.07. The molecule has 1 heterocycles. The van der Waals surface area contributed by atoms with Crippen LogP contribution in [0.15, 0.2) is 30.3 Å². The topological polar surface area (TPSA) is 33.7 Å². The second-order valence-electron chi connectivity index (χ2n) is 5.65. The molecule has 0 aliphatic carbocycles. The molecule has 4 atom stereocenters. The zero-order valence-corrected chi connectivity index (χ0v) is 13.6. The van der Waals surface area contributed by atoms with E-state index in [0.29, 0.717) is 12.1 Å². The first-order chi connectivity index (χ1) is 10.2. The van der Waals surface area contributed by atoms with Gasteiger partial charge in [0.15, 0.2) is 0 Å². The van der Waals surface area contributed by atoms with Gasteiger partial charge < -0.3 is 14.8 Å². The predicted molar refractivity (Wildman–Crippen MR) is 85.5 cm³/mol. The normalized spacial score (nSPS) is 25.9. The second-order valence-corrected chi connectivity index (χ2v) is 5.65. The molecule has 1 saturated heterocycles. The largest absolute Gasteiger partial charge is 0.377 e. The van der Waals surface area contributed by atoms with E-state index in [2.05, 4.69) is 47.5 Å². The van der Waals surface area contributed by atoms with Crippen LogP contribution in [-0.2, 0) is 9.47 Å². The van der Waals surface area contributed by atoms with E-state index in [9.17, 15) is 0 Å². The molecule has 1 fully saturated rings. The third-order valence-corrected chi connectivity index (χ3v) is 4.59. The van der Waals surface area contributed by atoms with Gasteiger partial charge in [0, 0.05) is 39.4 Å². The lowest BCUT2D eigenvalue weighted by atomic mass is 9.96. The minimum absolute atomic E-state index is 0.164. The Kier molecular flexibility index (Phi) is 6.18. The molecule has 0 radical (unpaired) electrons. The van der Waals surface area contributed by atoms with E-state index in [1.54, 1.807) is 14.2 Å². The van der Waals surface area contributed by atoms with Crippen molar-refractivity contribution in [2.24, 2.45) is 0 Å². The van der Waals surface area contributed by atoms with Crippen molar-refractivity contribution in [3.8, 4) is 0 Å². The molecule has 1 aliphatic rings. The van der Waals surface area contributed by atoms with Gasteiger partial charge in [0.05, 0.1) is 12.2 Å². The molecule has 0 bridgehead atoms. The molecule has 118 valence electrons. The van der Waals surface area contributed by atoms with Gasteiger partial charge in [-0.25, -0.2) is 0 Å². The summed E-state index contributed by atoms with van der Waals surface area (Å²) in [7, 11) is 5.58. The molecule has 0 amide bonds. The zero-order valence-electron chi connectivity index (χ0n) is 13.6. The summed E-state index contributed by atoms with van der Waals surface area (Å²) in [5.74, 6) is 0. The van der Waals surface area contributed by atoms with Crippen LogP contribution in [0.1, 0.15) is 24.9 Å². The molecule has 4 heteroatoms. The molecule has 2 rings (SSSR count). The molecule has 0 spiro atoms. The summed E-state index contributed by atoms with van der Waals surface area (Å²) in [6.45, 7) is 4.11. The number of benzene rings is 1. The quantitative estimate of drug-likeness (QED) is 0.834. The van der Waals surface area contributed by atoms with Crippen molar-refractivity contribution >= 4 is 0 Å². The number of hydrogen-bond donors (Lipinski definition) is 1. The maximum atomic E-state index is 5.57. The van der Waals surface area contributed by atoms with Crippen LogP contribution in [0.2, 0.25) is 0 Å². The van der Waals surface area contributed by atoms with Gasteiger partial charge >= 0.3 is 0 Å². The van der Waals surface area contributed by atoms with Gasteiger partial charge in [-0.1, -0.05) is 37.3 Å². The fraction of sp³-hybridized carbons (Fsp3) is 0.647. The van der Waals surface area contributed by atoms with Gasteiger partial charge in [0.1, 0.15) is 0 Å². The van der Waals surface area contributed by atoms with Crippen LogP contribution in [0.4, 0.5) is 0 Å². The van der Waals surface area contributed by atoms with Gasteiger partial charge in [-0.15, -0.1) is 0 Å². The van der Waals surface area contributed by atoms with Gasteiger partial charge in [0.25, 0.3) is 0 Å². The standard InChI is InChI=1S/C17H28N2O2/c1-5-14(17(18-2)13-9-7-6-8-10-13)19-11-15(20-3)16(12-19)21-4/h6-10,14-18H,5,11-12H2,1-4H3. The first-order valence-corrected chi connectivity index (χ1v) is 7.77. The molecule has 0 saturated carbocycles. The van der Waals surface area contributed by atoms with Crippen LogP contribution in [0.3, 0.4) is 0 Å². The van der Waals surface area contributed by atoms with Crippen molar-refractivity contribution in [1.29, 1.82) is 0 Å². The number of rotatable bonds is 7. The molecule has 1 aromatic carbocycles. The van der Waals surface area contributed by atoms with Crippen molar-refractivity contribution in [3.05, 3.63) is 35.9 Å². The smallest absolute Gasteiger partial charge is 0.0971 e. The fourth-order valence-electron chi connectivity index (χ4n) is 3.44. The first kappa shape index (κ1) is 16.4. The number of nitrogens with one attached hydrogen (secondary N) is 1. The maximum Gasteiger partial charge on any atom is 0.0971 e. The Bertz CT molecular complexity index is 401. The Labute approximate surface area is 128 Å². The Hall–Kier alpha value is -0.940. The molecule has 1 aromatic rings. The molecule has 1 N–H and O–H groups in total. The highest BCUT2D eigenvalue weighted by atomic mass is 16.5. The van der Waals surface area contributed by atoms with Crippen molar-refractivity contribution in [3.63, 3.8) is 0 Å². The summed E-state index contributed by atoms with van der Waals surface area (Å²) < 4.78 is 11.1. The fourth-order valence-corrected chi connectivity index (χ4v) is 3.44. The van der Waals surface area contributed by atoms with E-state index < -0.39 is 0 Å². The van der Waals surface area contributed by atoms with Crippen LogP contribution >= 0.6 is 0 Å².